The molecule has 150 valence electrons. The summed E-state index contributed by atoms with van der Waals surface area (Å²) in [5.74, 6) is 0.0271. The van der Waals surface area contributed by atoms with Crippen molar-refractivity contribution in [3.8, 4) is 5.69 Å². The van der Waals surface area contributed by atoms with Crippen molar-refractivity contribution in [1.29, 1.82) is 0 Å². The monoisotopic (exact) mass is 393 g/mol. The largest absolute Gasteiger partial charge is 0.418 e. The van der Waals surface area contributed by atoms with Gasteiger partial charge >= 0.3 is 6.18 Å². The Kier molecular flexibility index (Phi) is 5.32. The van der Waals surface area contributed by atoms with Gasteiger partial charge < -0.3 is 4.90 Å². The van der Waals surface area contributed by atoms with Gasteiger partial charge in [0.05, 0.1) is 11.3 Å². The summed E-state index contributed by atoms with van der Waals surface area (Å²) in [4.78, 5) is 26.9. The van der Waals surface area contributed by atoms with E-state index in [0.29, 0.717) is 13.1 Å². The number of carbonyl (C=O) groups is 1. The molecule has 1 aromatic carbocycles. The first-order valence-electron chi connectivity index (χ1n) is 9.14. The molecule has 1 fully saturated rings. The van der Waals surface area contributed by atoms with Crippen LogP contribution < -0.4 is 5.43 Å². The minimum absolute atomic E-state index is 0.220. The van der Waals surface area contributed by atoms with Gasteiger partial charge in [0.15, 0.2) is 5.69 Å². The third kappa shape index (κ3) is 3.95. The van der Waals surface area contributed by atoms with E-state index in [0.717, 1.165) is 23.2 Å². The molecule has 1 saturated heterocycles. The lowest BCUT2D eigenvalue weighted by molar-refractivity contribution is -0.137. The minimum Gasteiger partial charge on any atom is -0.337 e. The van der Waals surface area contributed by atoms with Crippen LogP contribution in [0.15, 0.2) is 35.1 Å². The van der Waals surface area contributed by atoms with Crippen LogP contribution in [-0.2, 0) is 6.18 Å². The van der Waals surface area contributed by atoms with Crippen LogP contribution in [0, 0.1) is 18.8 Å². The van der Waals surface area contributed by atoms with Crippen LogP contribution in [0.2, 0.25) is 0 Å². The van der Waals surface area contributed by atoms with Crippen LogP contribution in [0.4, 0.5) is 13.2 Å². The molecule has 2 aromatic rings. The lowest BCUT2D eigenvalue weighted by Gasteiger charge is -2.34. The lowest BCUT2D eigenvalue weighted by Crippen LogP contribution is -2.44. The fourth-order valence-electron chi connectivity index (χ4n) is 3.82. The molecule has 8 heteroatoms. The Bertz CT molecular complexity index is 942. The lowest BCUT2D eigenvalue weighted by atomic mass is 9.92. The third-order valence-corrected chi connectivity index (χ3v) is 4.90. The molecule has 1 amide bonds. The maximum Gasteiger partial charge on any atom is 0.418 e. The maximum absolute atomic E-state index is 13.4. The van der Waals surface area contributed by atoms with Crippen LogP contribution >= 0.6 is 0 Å². The van der Waals surface area contributed by atoms with Crippen molar-refractivity contribution in [1.82, 2.24) is 14.7 Å². The zero-order valence-corrected chi connectivity index (χ0v) is 16.0. The van der Waals surface area contributed by atoms with E-state index in [1.165, 1.54) is 25.1 Å². The first-order chi connectivity index (χ1) is 13.1. The van der Waals surface area contributed by atoms with E-state index in [-0.39, 0.29) is 28.9 Å². The van der Waals surface area contributed by atoms with Gasteiger partial charge in [-0.05, 0) is 37.3 Å². The van der Waals surface area contributed by atoms with E-state index in [9.17, 15) is 22.8 Å². The fourth-order valence-corrected chi connectivity index (χ4v) is 3.82. The van der Waals surface area contributed by atoms with Gasteiger partial charge in [0.1, 0.15) is 0 Å². The number of aromatic nitrogens is 2. The summed E-state index contributed by atoms with van der Waals surface area (Å²) in [7, 11) is 0. The Morgan fingerprint density at radius 3 is 2.36 bits per heavy atom. The second kappa shape index (κ2) is 7.41. The smallest absolute Gasteiger partial charge is 0.337 e. The van der Waals surface area contributed by atoms with Crippen molar-refractivity contribution in [2.75, 3.05) is 13.1 Å². The summed E-state index contributed by atoms with van der Waals surface area (Å²) in [6.07, 6.45) is -3.61. The van der Waals surface area contributed by atoms with E-state index >= 15 is 0 Å². The highest BCUT2D eigenvalue weighted by Crippen LogP contribution is 2.33. The molecule has 1 aromatic heterocycles. The molecular weight excluding hydrogens is 371 g/mol. The number of halogens is 3. The number of amides is 1. The fraction of sp³-hybridized carbons (Fsp3) is 0.450. The average Bonchev–Trinajstić information content (AvgIpc) is 2.60. The molecule has 2 atom stereocenters. The molecule has 2 heterocycles. The predicted octanol–water partition coefficient (Wildman–Crippen LogP) is 3.68. The van der Waals surface area contributed by atoms with E-state index in [1.54, 1.807) is 4.90 Å². The summed E-state index contributed by atoms with van der Waals surface area (Å²) >= 11 is 0. The molecule has 3 rings (SSSR count). The van der Waals surface area contributed by atoms with Crippen molar-refractivity contribution in [3.05, 3.63) is 57.5 Å². The molecule has 0 unspecified atom stereocenters. The Morgan fingerprint density at radius 1 is 1.14 bits per heavy atom. The second-order valence-corrected chi connectivity index (χ2v) is 7.58. The summed E-state index contributed by atoms with van der Waals surface area (Å²) in [6.45, 7) is 6.53. The van der Waals surface area contributed by atoms with Gasteiger partial charge in [0.2, 0.25) is 5.43 Å². The van der Waals surface area contributed by atoms with Crippen LogP contribution in [0.25, 0.3) is 5.69 Å². The Labute approximate surface area is 160 Å². The Morgan fingerprint density at radius 2 is 1.75 bits per heavy atom. The third-order valence-electron chi connectivity index (χ3n) is 4.90. The highest BCUT2D eigenvalue weighted by atomic mass is 19.4. The van der Waals surface area contributed by atoms with Crippen molar-refractivity contribution in [2.45, 2.75) is 33.4 Å². The number of hydrogen-bond acceptors (Lipinski definition) is 3. The number of benzene rings is 1. The topological polar surface area (TPSA) is 55.2 Å². The SMILES string of the molecule is Cc1cc(=O)c(C(=O)N2C[C@H](C)C[C@@H](C)C2)nn1-c1ccccc1C(F)(F)F. The number of nitrogens with zero attached hydrogens (tertiary/aromatic N) is 3. The number of piperidine rings is 1. The zero-order chi connectivity index (χ0) is 20.6. The minimum atomic E-state index is -4.59. The standard InChI is InChI=1S/C20H22F3N3O2/c1-12-8-13(2)11-25(10-12)19(28)18-17(27)9-14(3)26(24-18)16-7-5-4-6-15(16)20(21,22)23/h4-7,9,12-13H,8,10-11H2,1-3H3/t12-,13-/m1/s1. The highest BCUT2D eigenvalue weighted by molar-refractivity contribution is 5.92. The average molecular weight is 393 g/mol. The second-order valence-electron chi connectivity index (χ2n) is 7.58. The number of likely N-dealkylation sites (tertiary alicyclic amines) is 1. The number of hydrogen-bond donors (Lipinski definition) is 0. The zero-order valence-electron chi connectivity index (χ0n) is 16.0. The predicted molar refractivity (Wildman–Crippen MR) is 98.4 cm³/mol. The molecule has 1 aliphatic rings. The molecule has 0 radical (unpaired) electrons. The van der Waals surface area contributed by atoms with Crippen molar-refractivity contribution < 1.29 is 18.0 Å². The molecule has 0 saturated carbocycles. The van der Waals surface area contributed by atoms with Gasteiger partial charge in [-0.25, -0.2) is 4.68 Å². The van der Waals surface area contributed by atoms with Crippen LogP contribution in [0.3, 0.4) is 0 Å². The molecular formula is C20H22F3N3O2. The maximum atomic E-state index is 13.4. The van der Waals surface area contributed by atoms with E-state index < -0.39 is 23.1 Å². The van der Waals surface area contributed by atoms with Gasteiger partial charge in [-0.3, -0.25) is 9.59 Å². The quantitative estimate of drug-likeness (QED) is 0.782. The van der Waals surface area contributed by atoms with E-state index in [2.05, 4.69) is 5.10 Å². The summed E-state index contributed by atoms with van der Waals surface area (Å²) in [6, 6.07) is 6.12. The van der Waals surface area contributed by atoms with Gasteiger partial charge in [0.25, 0.3) is 5.91 Å². The van der Waals surface area contributed by atoms with Crippen LogP contribution in [0.5, 0.6) is 0 Å². The normalized spacial score (nSPS) is 20.3. The number of carbonyl (C=O) groups excluding carboxylic acids is 1. The molecule has 0 N–H and O–H groups in total. The Hall–Kier alpha value is -2.64. The van der Waals surface area contributed by atoms with Crippen molar-refractivity contribution in [3.63, 3.8) is 0 Å². The van der Waals surface area contributed by atoms with Gasteiger partial charge in [-0.2, -0.15) is 18.3 Å². The molecule has 28 heavy (non-hydrogen) atoms. The van der Waals surface area contributed by atoms with E-state index in [1.807, 2.05) is 13.8 Å². The number of rotatable bonds is 2. The first-order valence-corrected chi connectivity index (χ1v) is 9.14. The number of alkyl halides is 3. The molecule has 5 nitrogen and oxygen atoms in total. The first kappa shape index (κ1) is 20.1. The number of para-hydroxylation sites is 1. The molecule has 0 aliphatic carbocycles. The molecule has 1 aliphatic heterocycles. The molecule has 0 spiro atoms. The summed E-state index contributed by atoms with van der Waals surface area (Å²) in [5.41, 5.74) is -1.83. The Balaban J connectivity index is 2.08. The van der Waals surface area contributed by atoms with Crippen LogP contribution in [0.1, 0.15) is 42.0 Å². The van der Waals surface area contributed by atoms with E-state index in [4.69, 9.17) is 0 Å². The molecule has 0 bridgehead atoms. The summed E-state index contributed by atoms with van der Waals surface area (Å²) < 4.78 is 41.2. The summed E-state index contributed by atoms with van der Waals surface area (Å²) in [5, 5.41) is 4.05. The highest BCUT2D eigenvalue weighted by Gasteiger charge is 2.35. The van der Waals surface area contributed by atoms with Crippen molar-refractivity contribution in [2.24, 2.45) is 11.8 Å². The van der Waals surface area contributed by atoms with Crippen LogP contribution in [-0.4, -0.2) is 33.7 Å². The number of aryl methyl sites for hydroxylation is 1. The van der Waals surface area contributed by atoms with Gasteiger partial charge in [0, 0.05) is 24.8 Å². The van der Waals surface area contributed by atoms with Gasteiger partial charge in [-0.1, -0.05) is 26.0 Å². The van der Waals surface area contributed by atoms with Crippen molar-refractivity contribution >= 4 is 5.91 Å². The van der Waals surface area contributed by atoms with Gasteiger partial charge in [-0.15, -0.1) is 0 Å².